The molecule has 0 saturated carbocycles. The third-order valence-corrected chi connectivity index (χ3v) is 3.42. The maximum atomic E-state index is 13.5. The highest BCUT2D eigenvalue weighted by Gasteiger charge is 2.38. The molecule has 20 heavy (non-hydrogen) atoms. The van der Waals surface area contributed by atoms with Crippen molar-refractivity contribution in [2.45, 2.75) is 19.1 Å². The predicted octanol–water partition coefficient (Wildman–Crippen LogP) is 1.30. The van der Waals surface area contributed by atoms with Gasteiger partial charge in [0.15, 0.2) is 17.2 Å². The zero-order valence-corrected chi connectivity index (χ0v) is 11.6. The molecule has 0 spiro atoms. The summed E-state index contributed by atoms with van der Waals surface area (Å²) in [5.41, 5.74) is -0.845. The number of carbonyl (C=O) groups excluding carboxylic acids is 1. The number of morpholine rings is 1. The van der Waals surface area contributed by atoms with Crippen LogP contribution >= 0.6 is 0 Å². The highest BCUT2D eigenvalue weighted by Crippen LogP contribution is 2.17. The van der Waals surface area contributed by atoms with E-state index in [9.17, 15) is 13.6 Å². The van der Waals surface area contributed by atoms with Crippen molar-refractivity contribution in [2.75, 3.05) is 26.7 Å². The van der Waals surface area contributed by atoms with E-state index in [0.29, 0.717) is 13.2 Å². The molecule has 0 aliphatic carbocycles. The molecule has 1 heterocycles. The zero-order chi connectivity index (χ0) is 14.8. The number of benzene rings is 1. The van der Waals surface area contributed by atoms with E-state index in [1.165, 1.54) is 12.1 Å². The Kier molecular flexibility index (Phi) is 4.35. The summed E-state index contributed by atoms with van der Waals surface area (Å²) in [6.07, 6.45) is 0. The van der Waals surface area contributed by atoms with Crippen molar-refractivity contribution in [3.63, 3.8) is 0 Å². The second-order valence-electron chi connectivity index (χ2n) is 5.21. The molecule has 1 aromatic rings. The van der Waals surface area contributed by atoms with Crippen molar-refractivity contribution in [3.05, 3.63) is 35.4 Å². The molecule has 110 valence electrons. The number of hydrogen-bond acceptors (Lipinski definition) is 3. The quantitative estimate of drug-likeness (QED) is 0.909. The van der Waals surface area contributed by atoms with Gasteiger partial charge in [0.1, 0.15) is 0 Å². The Morgan fingerprint density at radius 3 is 2.95 bits per heavy atom. The van der Waals surface area contributed by atoms with Crippen LogP contribution in [0.3, 0.4) is 0 Å². The van der Waals surface area contributed by atoms with Crippen LogP contribution in [0, 0.1) is 11.6 Å². The van der Waals surface area contributed by atoms with E-state index in [2.05, 4.69) is 5.32 Å². The lowest BCUT2D eigenvalue weighted by molar-refractivity contribution is -0.155. The highest BCUT2D eigenvalue weighted by molar-refractivity contribution is 5.85. The number of amides is 1. The Balaban J connectivity index is 2.00. The molecule has 1 aliphatic heterocycles. The first-order valence-electron chi connectivity index (χ1n) is 6.46. The Morgan fingerprint density at radius 2 is 2.25 bits per heavy atom. The molecule has 2 rings (SSSR count). The van der Waals surface area contributed by atoms with Gasteiger partial charge in [0.05, 0.1) is 6.61 Å². The van der Waals surface area contributed by atoms with Crippen LogP contribution in [0.5, 0.6) is 0 Å². The number of likely N-dealkylation sites (N-methyl/N-ethyl adjacent to an activating group) is 1. The minimum atomic E-state index is -0.962. The maximum Gasteiger partial charge on any atom is 0.253 e. The van der Waals surface area contributed by atoms with Crippen LogP contribution in [0.15, 0.2) is 18.2 Å². The van der Waals surface area contributed by atoms with Crippen LogP contribution in [0.2, 0.25) is 0 Å². The zero-order valence-electron chi connectivity index (χ0n) is 11.6. The Morgan fingerprint density at radius 1 is 1.50 bits per heavy atom. The first-order valence-corrected chi connectivity index (χ1v) is 6.46. The SMILES string of the molecule is CN1CCOC(C)(C(=O)NCc2cccc(F)c2F)C1. The second kappa shape index (κ2) is 5.85. The number of rotatable bonds is 3. The lowest BCUT2D eigenvalue weighted by Crippen LogP contribution is -2.57. The molecule has 1 N–H and O–H groups in total. The van der Waals surface area contributed by atoms with Gasteiger partial charge in [-0.1, -0.05) is 12.1 Å². The number of ether oxygens (including phenoxy) is 1. The monoisotopic (exact) mass is 284 g/mol. The average molecular weight is 284 g/mol. The Labute approximate surface area is 116 Å². The van der Waals surface area contributed by atoms with Crippen LogP contribution in [-0.4, -0.2) is 43.2 Å². The van der Waals surface area contributed by atoms with Gasteiger partial charge in [0.25, 0.3) is 5.91 Å². The first kappa shape index (κ1) is 14.9. The van der Waals surface area contributed by atoms with E-state index >= 15 is 0 Å². The van der Waals surface area contributed by atoms with E-state index in [0.717, 1.165) is 12.6 Å². The minimum absolute atomic E-state index is 0.0644. The summed E-state index contributed by atoms with van der Waals surface area (Å²) < 4.78 is 32.1. The Bertz CT molecular complexity index is 510. The summed E-state index contributed by atoms with van der Waals surface area (Å²) in [5, 5.41) is 2.60. The summed E-state index contributed by atoms with van der Waals surface area (Å²) in [7, 11) is 1.90. The number of nitrogens with zero attached hydrogens (tertiary/aromatic N) is 1. The summed E-state index contributed by atoms with van der Waals surface area (Å²) in [6, 6.07) is 3.89. The summed E-state index contributed by atoms with van der Waals surface area (Å²) >= 11 is 0. The van der Waals surface area contributed by atoms with E-state index in [1.54, 1.807) is 6.92 Å². The summed E-state index contributed by atoms with van der Waals surface area (Å²) in [6.45, 7) is 3.33. The van der Waals surface area contributed by atoms with Crippen LogP contribution in [0.4, 0.5) is 8.78 Å². The minimum Gasteiger partial charge on any atom is -0.363 e. The number of nitrogens with one attached hydrogen (secondary N) is 1. The maximum absolute atomic E-state index is 13.5. The number of hydrogen-bond donors (Lipinski definition) is 1. The smallest absolute Gasteiger partial charge is 0.253 e. The molecule has 6 heteroatoms. The van der Waals surface area contributed by atoms with Gasteiger partial charge in [-0.25, -0.2) is 8.78 Å². The molecule has 1 amide bonds. The van der Waals surface area contributed by atoms with Crippen molar-refractivity contribution >= 4 is 5.91 Å². The van der Waals surface area contributed by atoms with Gasteiger partial charge < -0.3 is 15.0 Å². The molecule has 1 fully saturated rings. The third kappa shape index (κ3) is 3.13. The van der Waals surface area contributed by atoms with E-state index in [-0.39, 0.29) is 18.0 Å². The van der Waals surface area contributed by atoms with Gasteiger partial charge in [-0.2, -0.15) is 0 Å². The second-order valence-corrected chi connectivity index (χ2v) is 5.21. The molecule has 4 nitrogen and oxygen atoms in total. The van der Waals surface area contributed by atoms with Crippen molar-refractivity contribution < 1.29 is 18.3 Å². The van der Waals surface area contributed by atoms with Crippen LogP contribution in [0.25, 0.3) is 0 Å². The van der Waals surface area contributed by atoms with Crippen molar-refractivity contribution in [1.82, 2.24) is 10.2 Å². The predicted molar refractivity (Wildman–Crippen MR) is 70.1 cm³/mol. The molecule has 1 aliphatic rings. The molecule has 1 aromatic carbocycles. The van der Waals surface area contributed by atoms with Gasteiger partial charge >= 0.3 is 0 Å². The van der Waals surface area contributed by atoms with Gasteiger partial charge in [-0.15, -0.1) is 0 Å². The van der Waals surface area contributed by atoms with Crippen molar-refractivity contribution in [2.24, 2.45) is 0 Å². The fraction of sp³-hybridized carbons (Fsp3) is 0.500. The fourth-order valence-corrected chi connectivity index (χ4v) is 2.25. The average Bonchev–Trinajstić information content (AvgIpc) is 2.40. The lowest BCUT2D eigenvalue weighted by Gasteiger charge is -2.37. The molecule has 0 bridgehead atoms. The molecule has 0 aromatic heterocycles. The number of halogens is 2. The molecular weight excluding hydrogens is 266 g/mol. The Hall–Kier alpha value is -1.53. The van der Waals surface area contributed by atoms with Crippen molar-refractivity contribution in [1.29, 1.82) is 0 Å². The molecule has 1 atom stereocenters. The fourth-order valence-electron chi connectivity index (χ4n) is 2.25. The summed E-state index contributed by atoms with van der Waals surface area (Å²) in [4.78, 5) is 14.1. The first-order chi connectivity index (χ1) is 9.42. The molecule has 0 radical (unpaired) electrons. The van der Waals surface area contributed by atoms with Crippen molar-refractivity contribution in [3.8, 4) is 0 Å². The van der Waals surface area contributed by atoms with Crippen LogP contribution < -0.4 is 5.32 Å². The van der Waals surface area contributed by atoms with E-state index in [1.807, 2.05) is 11.9 Å². The van der Waals surface area contributed by atoms with Crippen LogP contribution in [-0.2, 0) is 16.1 Å². The lowest BCUT2D eigenvalue weighted by atomic mass is 10.0. The van der Waals surface area contributed by atoms with Gasteiger partial charge in [0, 0.05) is 25.2 Å². The van der Waals surface area contributed by atoms with E-state index < -0.39 is 17.2 Å². The topological polar surface area (TPSA) is 41.6 Å². The molecule has 1 unspecified atom stereocenters. The standard InChI is InChI=1S/C14H18F2N2O2/c1-14(9-18(2)6-7-20-14)13(19)17-8-10-4-3-5-11(15)12(10)16/h3-5H,6-9H2,1-2H3,(H,17,19). The largest absolute Gasteiger partial charge is 0.363 e. The summed E-state index contributed by atoms with van der Waals surface area (Å²) in [5.74, 6) is -2.18. The third-order valence-electron chi connectivity index (χ3n) is 3.42. The number of carbonyl (C=O) groups is 1. The molecule has 1 saturated heterocycles. The van der Waals surface area contributed by atoms with Crippen LogP contribution in [0.1, 0.15) is 12.5 Å². The van der Waals surface area contributed by atoms with Gasteiger partial charge in [0.2, 0.25) is 0 Å². The molecular formula is C14H18F2N2O2. The normalized spacial score (nSPS) is 23.6. The van der Waals surface area contributed by atoms with E-state index in [4.69, 9.17) is 4.74 Å². The van der Waals surface area contributed by atoms with Gasteiger partial charge in [-0.3, -0.25) is 4.79 Å². The van der Waals surface area contributed by atoms with Gasteiger partial charge in [-0.05, 0) is 20.0 Å². The highest BCUT2D eigenvalue weighted by atomic mass is 19.2.